The number of amides is 1. The second-order valence-corrected chi connectivity index (χ2v) is 15.1. The molecule has 2 N–H and O–H groups in total. The van der Waals surface area contributed by atoms with Crippen LogP contribution in [0.5, 0.6) is 0 Å². The smallest absolute Gasteiger partial charge is 0.408 e. The number of hydrogen-bond acceptors (Lipinski definition) is 5. The van der Waals surface area contributed by atoms with Crippen LogP contribution in [-0.2, 0) is 9.16 Å². The molecule has 0 bridgehead atoms. The van der Waals surface area contributed by atoms with Crippen molar-refractivity contribution >= 4 is 14.4 Å². The number of ether oxygens (including phenoxy) is 1. The van der Waals surface area contributed by atoms with Crippen molar-refractivity contribution in [1.29, 1.82) is 0 Å². The Balaban J connectivity index is 2.17. The third kappa shape index (κ3) is 5.21. The Labute approximate surface area is 159 Å². The van der Waals surface area contributed by atoms with Gasteiger partial charge in [0.25, 0.3) is 0 Å². The van der Waals surface area contributed by atoms with Crippen LogP contribution < -0.4 is 5.32 Å². The standard InChI is InChI=1S/C19H38N2O4Si/c1-18(2,3)24-17(23)20-14-12-21-10-9-13(22)11-15(21)16(14)25-26(7,8)19(4,5)6/h13-16,22H,9-12H2,1-8H3,(H,20,23)/t13-,14-,15+,16-/m1/s1. The first-order valence-electron chi connectivity index (χ1n) is 9.79. The maximum atomic E-state index is 12.3. The number of fused-ring (bicyclic) bond motifs is 1. The van der Waals surface area contributed by atoms with Crippen molar-refractivity contribution in [2.24, 2.45) is 0 Å². The van der Waals surface area contributed by atoms with Gasteiger partial charge in [0.05, 0.1) is 18.2 Å². The van der Waals surface area contributed by atoms with Crippen molar-refractivity contribution in [2.75, 3.05) is 13.1 Å². The monoisotopic (exact) mass is 386 g/mol. The molecule has 1 amide bonds. The third-order valence-electron chi connectivity index (χ3n) is 5.88. The van der Waals surface area contributed by atoms with Gasteiger partial charge in [-0.05, 0) is 51.7 Å². The molecule has 4 atom stereocenters. The van der Waals surface area contributed by atoms with Gasteiger partial charge in [-0.2, -0.15) is 0 Å². The summed E-state index contributed by atoms with van der Waals surface area (Å²) in [6.07, 6.45) is 0.681. The number of hydrogen-bond donors (Lipinski definition) is 2. The summed E-state index contributed by atoms with van der Waals surface area (Å²) in [6.45, 7) is 18.3. The molecule has 2 saturated heterocycles. The van der Waals surface area contributed by atoms with Gasteiger partial charge in [0.2, 0.25) is 0 Å². The second-order valence-electron chi connectivity index (χ2n) is 10.3. The van der Waals surface area contributed by atoms with E-state index in [1.165, 1.54) is 0 Å². The Hall–Kier alpha value is -0.633. The number of aliphatic hydroxyl groups excluding tert-OH is 1. The van der Waals surface area contributed by atoms with E-state index >= 15 is 0 Å². The van der Waals surface area contributed by atoms with E-state index in [9.17, 15) is 9.90 Å². The van der Waals surface area contributed by atoms with Gasteiger partial charge in [-0.25, -0.2) is 4.79 Å². The van der Waals surface area contributed by atoms with Gasteiger partial charge in [-0.3, -0.25) is 4.90 Å². The lowest BCUT2D eigenvalue weighted by atomic mass is 9.97. The molecule has 0 aromatic carbocycles. The van der Waals surface area contributed by atoms with E-state index < -0.39 is 20.0 Å². The third-order valence-corrected chi connectivity index (χ3v) is 10.4. The minimum Gasteiger partial charge on any atom is -0.444 e. The van der Waals surface area contributed by atoms with E-state index in [1.54, 1.807) is 0 Å². The van der Waals surface area contributed by atoms with Crippen LogP contribution in [0.15, 0.2) is 0 Å². The number of nitrogens with zero attached hydrogens (tertiary/aromatic N) is 1. The molecule has 26 heavy (non-hydrogen) atoms. The van der Waals surface area contributed by atoms with Gasteiger partial charge in [-0.15, -0.1) is 0 Å². The van der Waals surface area contributed by atoms with Crippen molar-refractivity contribution in [3.63, 3.8) is 0 Å². The molecule has 7 heteroatoms. The number of alkyl carbamates (subject to hydrolysis) is 1. The molecular weight excluding hydrogens is 348 g/mol. The predicted molar refractivity (Wildman–Crippen MR) is 106 cm³/mol. The van der Waals surface area contributed by atoms with Gasteiger partial charge in [0.15, 0.2) is 8.32 Å². The average molecular weight is 387 g/mol. The van der Waals surface area contributed by atoms with Crippen molar-refractivity contribution in [1.82, 2.24) is 10.2 Å². The zero-order valence-electron chi connectivity index (χ0n) is 17.8. The van der Waals surface area contributed by atoms with Crippen molar-refractivity contribution in [3.05, 3.63) is 0 Å². The zero-order chi connectivity index (χ0) is 19.9. The largest absolute Gasteiger partial charge is 0.444 e. The number of piperidine rings is 1. The van der Waals surface area contributed by atoms with E-state index in [-0.39, 0.29) is 29.3 Å². The van der Waals surface area contributed by atoms with E-state index in [4.69, 9.17) is 9.16 Å². The molecule has 2 heterocycles. The molecule has 0 saturated carbocycles. The lowest BCUT2D eigenvalue weighted by Crippen LogP contribution is -2.54. The Kier molecular flexibility index (Phi) is 6.18. The Morgan fingerprint density at radius 2 is 1.81 bits per heavy atom. The summed E-state index contributed by atoms with van der Waals surface area (Å²) < 4.78 is 12.2. The molecule has 0 aromatic rings. The Morgan fingerprint density at radius 1 is 1.19 bits per heavy atom. The number of carbonyl (C=O) groups excluding carboxylic acids is 1. The highest BCUT2D eigenvalue weighted by Gasteiger charge is 2.50. The SMILES string of the molecule is CC(C)(C)OC(=O)N[C@@H]1CN2CC[C@@H](O)C[C@H]2[C@@H]1O[Si](C)(C)C(C)(C)C. The first-order valence-corrected chi connectivity index (χ1v) is 12.7. The number of rotatable bonds is 3. The lowest BCUT2D eigenvalue weighted by Gasteiger charge is -2.42. The van der Waals surface area contributed by atoms with Gasteiger partial charge in [0.1, 0.15) is 5.60 Å². The summed E-state index contributed by atoms with van der Waals surface area (Å²) in [7, 11) is -2.01. The van der Waals surface area contributed by atoms with E-state index in [2.05, 4.69) is 44.1 Å². The molecule has 0 spiro atoms. The van der Waals surface area contributed by atoms with Crippen molar-refractivity contribution in [3.8, 4) is 0 Å². The number of nitrogens with one attached hydrogen (secondary N) is 1. The minimum atomic E-state index is -2.01. The fourth-order valence-corrected chi connectivity index (χ4v) is 4.84. The van der Waals surface area contributed by atoms with Gasteiger partial charge < -0.3 is 19.6 Å². The molecule has 0 unspecified atom stereocenters. The molecule has 152 valence electrons. The number of aliphatic hydroxyl groups is 1. The van der Waals surface area contributed by atoms with Gasteiger partial charge in [-0.1, -0.05) is 20.8 Å². The quantitative estimate of drug-likeness (QED) is 0.729. The highest BCUT2D eigenvalue weighted by atomic mass is 28.4. The van der Waals surface area contributed by atoms with Crippen LogP contribution >= 0.6 is 0 Å². The van der Waals surface area contributed by atoms with Crippen molar-refractivity contribution in [2.45, 2.75) is 102 Å². The van der Waals surface area contributed by atoms with Gasteiger partial charge >= 0.3 is 6.09 Å². The fourth-order valence-electron chi connectivity index (χ4n) is 3.48. The van der Waals surface area contributed by atoms with Crippen LogP contribution in [0, 0.1) is 0 Å². The first kappa shape index (κ1) is 21.7. The minimum absolute atomic E-state index is 0.0875. The summed E-state index contributed by atoms with van der Waals surface area (Å²) >= 11 is 0. The average Bonchev–Trinajstić information content (AvgIpc) is 2.72. The highest BCUT2D eigenvalue weighted by Crippen LogP contribution is 2.40. The fraction of sp³-hybridized carbons (Fsp3) is 0.947. The Bertz CT molecular complexity index is 513. The molecule has 2 fully saturated rings. The lowest BCUT2D eigenvalue weighted by molar-refractivity contribution is 0.0225. The van der Waals surface area contributed by atoms with Crippen LogP contribution in [0.25, 0.3) is 0 Å². The molecule has 0 aliphatic carbocycles. The van der Waals surface area contributed by atoms with Crippen LogP contribution in [0.4, 0.5) is 4.79 Å². The highest BCUT2D eigenvalue weighted by molar-refractivity contribution is 6.74. The van der Waals surface area contributed by atoms with Crippen LogP contribution in [0.3, 0.4) is 0 Å². The molecule has 2 rings (SSSR count). The molecule has 6 nitrogen and oxygen atoms in total. The van der Waals surface area contributed by atoms with E-state index in [0.29, 0.717) is 6.42 Å². The molecular formula is C19H38N2O4Si. The number of carbonyl (C=O) groups is 1. The van der Waals surface area contributed by atoms with Crippen LogP contribution in [0.2, 0.25) is 18.1 Å². The second kappa shape index (κ2) is 7.41. The first-order chi connectivity index (χ1) is 11.7. The van der Waals surface area contributed by atoms with Crippen LogP contribution in [-0.4, -0.2) is 67.4 Å². The molecule has 2 aliphatic rings. The summed E-state index contributed by atoms with van der Waals surface area (Å²) in [4.78, 5) is 14.7. The van der Waals surface area contributed by atoms with Crippen LogP contribution in [0.1, 0.15) is 54.4 Å². The van der Waals surface area contributed by atoms with Crippen molar-refractivity contribution < 1.29 is 19.1 Å². The summed E-state index contributed by atoms with van der Waals surface area (Å²) in [5.41, 5.74) is -0.526. The molecule has 0 aromatic heterocycles. The summed E-state index contributed by atoms with van der Waals surface area (Å²) in [5, 5.41) is 13.3. The zero-order valence-corrected chi connectivity index (χ0v) is 18.8. The summed E-state index contributed by atoms with van der Waals surface area (Å²) in [5.74, 6) is 0. The van der Waals surface area contributed by atoms with E-state index in [1.807, 2.05) is 20.8 Å². The maximum Gasteiger partial charge on any atom is 0.408 e. The van der Waals surface area contributed by atoms with Gasteiger partial charge in [0, 0.05) is 19.1 Å². The topological polar surface area (TPSA) is 71.0 Å². The molecule has 2 aliphatic heterocycles. The maximum absolute atomic E-state index is 12.3. The van der Waals surface area contributed by atoms with E-state index in [0.717, 1.165) is 19.5 Å². The normalized spacial score (nSPS) is 30.8. The summed E-state index contributed by atoms with van der Waals surface area (Å²) in [6, 6.07) is 0.0297. The Morgan fingerprint density at radius 3 is 2.35 bits per heavy atom. The predicted octanol–water partition coefficient (Wildman–Crippen LogP) is 3.11. The molecule has 0 radical (unpaired) electrons.